The van der Waals surface area contributed by atoms with E-state index in [1.165, 1.54) is 0 Å². The molecule has 0 aliphatic carbocycles. The standard InChI is InChI=1S/C19H27Cl2NO2/c1-5-10-24-18-11-16(7-8-17(18)21)13-22(12-14(2)3)19(23)9-6-15(4)20/h6-9,11,14-15H,5,10,12-13H2,1-4H3/b9-6+. The van der Waals surface area contributed by atoms with Gasteiger partial charge in [-0.25, -0.2) is 0 Å². The Morgan fingerprint density at radius 1 is 1.33 bits per heavy atom. The van der Waals surface area contributed by atoms with Gasteiger partial charge >= 0.3 is 0 Å². The Hall–Kier alpha value is -1.19. The van der Waals surface area contributed by atoms with Gasteiger partial charge in [-0.05, 0) is 37.0 Å². The first-order valence-corrected chi connectivity index (χ1v) is 9.17. The summed E-state index contributed by atoms with van der Waals surface area (Å²) in [5.41, 5.74) is 0.992. The molecule has 0 aliphatic rings. The molecule has 24 heavy (non-hydrogen) atoms. The van der Waals surface area contributed by atoms with Gasteiger partial charge in [0.1, 0.15) is 5.75 Å². The molecule has 1 aromatic rings. The zero-order valence-corrected chi connectivity index (χ0v) is 16.4. The van der Waals surface area contributed by atoms with Crippen molar-refractivity contribution in [1.29, 1.82) is 0 Å². The lowest BCUT2D eigenvalue weighted by Crippen LogP contribution is -2.32. The number of ether oxygens (including phenoxy) is 1. The number of hydrogen-bond acceptors (Lipinski definition) is 2. The number of amides is 1. The number of allylic oxidation sites excluding steroid dienone is 1. The Kier molecular flexibility index (Phi) is 9.24. The Morgan fingerprint density at radius 3 is 2.62 bits per heavy atom. The average molecular weight is 372 g/mol. The summed E-state index contributed by atoms with van der Waals surface area (Å²) in [7, 11) is 0. The number of rotatable bonds is 9. The van der Waals surface area contributed by atoms with E-state index in [2.05, 4.69) is 13.8 Å². The molecule has 0 fully saturated rings. The SMILES string of the molecule is CCCOc1cc(CN(CC(C)C)C(=O)/C=C/C(C)Cl)ccc1Cl. The number of benzene rings is 1. The van der Waals surface area contributed by atoms with Crippen LogP contribution in [0.1, 0.15) is 39.7 Å². The second-order valence-corrected chi connectivity index (χ2v) is 7.36. The van der Waals surface area contributed by atoms with Crippen LogP contribution in [0.2, 0.25) is 5.02 Å². The first-order chi connectivity index (χ1) is 11.3. The van der Waals surface area contributed by atoms with Crippen molar-refractivity contribution in [2.24, 2.45) is 5.92 Å². The molecule has 3 nitrogen and oxygen atoms in total. The fraction of sp³-hybridized carbons (Fsp3) is 0.526. The summed E-state index contributed by atoms with van der Waals surface area (Å²) in [5.74, 6) is 0.999. The van der Waals surface area contributed by atoms with E-state index in [1.807, 2.05) is 36.9 Å². The van der Waals surface area contributed by atoms with Crippen molar-refractivity contribution in [3.63, 3.8) is 0 Å². The van der Waals surface area contributed by atoms with Crippen LogP contribution in [0, 0.1) is 5.92 Å². The summed E-state index contributed by atoms with van der Waals surface area (Å²) in [6.07, 6.45) is 4.17. The quantitative estimate of drug-likeness (QED) is 0.435. The Morgan fingerprint density at radius 2 is 2.04 bits per heavy atom. The predicted octanol–water partition coefficient (Wildman–Crippen LogP) is 5.30. The molecular formula is C19H27Cl2NO2. The van der Waals surface area contributed by atoms with E-state index in [9.17, 15) is 4.79 Å². The smallest absolute Gasteiger partial charge is 0.246 e. The Balaban J connectivity index is 2.91. The molecule has 1 atom stereocenters. The molecular weight excluding hydrogens is 345 g/mol. The third-order valence-electron chi connectivity index (χ3n) is 3.23. The summed E-state index contributed by atoms with van der Waals surface area (Å²) in [5, 5.41) is 0.421. The minimum Gasteiger partial charge on any atom is -0.492 e. The van der Waals surface area contributed by atoms with Gasteiger partial charge in [-0.2, -0.15) is 0 Å². The highest BCUT2D eigenvalue weighted by atomic mass is 35.5. The molecule has 1 unspecified atom stereocenters. The maximum atomic E-state index is 12.4. The highest BCUT2D eigenvalue weighted by Gasteiger charge is 2.14. The summed E-state index contributed by atoms with van der Waals surface area (Å²) >= 11 is 12.1. The van der Waals surface area contributed by atoms with Gasteiger partial charge < -0.3 is 9.64 Å². The van der Waals surface area contributed by atoms with Gasteiger partial charge in [0.25, 0.3) is 0 Å². The van der Waals surface area contributed by atoms with Gasteiger partial charge in [0.15, 0.2) is 0 Å². The van der Waals surface area contributed by atoms with Gasteiger partial charge in [0.05, 0.1) is 11.6 Å². The molecule has 134 valence electrons. The van der Waals surface area contributed by atoms with Crippen LogP contribution in [0.25, 0.3) is 0 Å². The molecule has 0 saturated carbocycles. The lowest BCUT2D eigenvalue weighted by atomic mass is 10.1. The predicted molar refractivity (Wildman–Crippen MR) is 102 cm³/mol. The summed E-state index contributed by atoms with van der Waals surface area (Å²) in [6.45, 7) is 9.86. The molecule has 5 heteroatoms. The Bertz CT molecular complexity index is 556. The van der Waals surface area contributed by atoms with E-state index in [1.54, 1.807) is 12.2 Å². The lowest BCUT2D eigenvalue weighted by Gasteiger charge is -2.24. The molecule has 0 saturated heterocycles. The van der Waals surface area contributed by atoms with Crippen molar-refractivity contribution >= 4 is 29.1 Å². The van der Waals surface area contributed by atoms with Crippen molar-refractivity contribution in [3.05, 3.63) is 40.9 Å². The van der Waals surface area contributed by atoms with Gasteiger partial charge in [-0.1, -0.05) is 44.5 Å². The Labute approximate surface area is 155 Å². The summed E-state index contributed by atoms with van der Waals surface area (Å²) < 4.78 is 5.66. The van der Waals surface area contributed by atoms with E-state index >= 15 is 0 Å². The van der Waals surface area contributed by atoms with Crippen LogP contribution >= 0.6 is 23.2 Å². The maximum Gasteiger partial charge on any atom is 0.246 e. The van der Waals surface area contributed by atoms with Gasteiger partial charge in [0, 0.05) is 24.5 Å². The number of halogens is 2. The van der Waals surface area contributed by atoms with Crippen LogP contribution in [0.5, 0.6) is 5.75 Å². The van der Waals surface area contributed by atoms with Crippen LogP contribution < -0.4 is 4.74 Å². The zero-order valence-electron chi connectivity index (χ0n) is 14.9. The molecule has 0 radical (unpaired) electrons. The number of carbonyl (C=O) groups is 1. The molecule has 0 bridgehead atoms. The van der Waals surface area contributed by atoms with Crippen molar-refractivity contribution in [2.75, 3.05) is 13.2 Å². The van der Waals surface area contributed by atoms with E-state index in [0.29, 0.717) is 36.4 Å². The first-order valence-electron chi connectivity index (χ1n) is 8.35. The molecule has 0 N–H and O–H groups in total. The zero-order chi connectivity index (χ0) is 18.1. The van der Waals surface area contributed by atoms with E-state index in [-0.39, 0.29) is 11.3 Å². The summed E-state index contributed by atoms with van der Waals surface area (Å²) in [6, 6.07) is 5.65. The number of carbonyl (C=O) groups excluding carboxylic acids is 1. The summed E-state index contributed by atoms with van der Waals surface area (Å²) in [4.78, 5) is 14.2. The second kappa shape index (κ2) is 10.6. The first kappa shape index (κ1) is 20.9. The number of nitrogens with zero attached hydrogens (tertiary/aromatic N) is 1. The minimum absolute atomic E-state index is 0.0397. The fourth-order valence-corrected chi connectivity index (χ4v) is 2.43. The van der Waals surface area contributed by atoms with Crippen molar-refractivity contribution in [3.8, 4) is 5.75 Å². The molecule has 1 aromatic carbocycles. The van der Waals surface area contributed by atoms with Crippen molar-refractivity contribution < 1.29 is 9.53 Å². The van der Waals surface area contributed by atoms with Crippen LogP contribution in [-0.2, 0) is 11.3 Å². The van der Waals surface area contributed by atoms with Gasteiger partial charge in [0.2, 0.25) is 5.91 Å². The molecule has 0 aliphatic heterocycles. The molecule has 1 rings (SSSR count). The molecule has 0 aromatic heterocycles. The van der Waals surface area contributed by atoms with Crippen LogP contribution in [-0.4, -0.2) is 29.3 Å². The highest BCUT2D eigenvalue weighted by molar-refractivity contribution is 6.32. The molecule has 0 heterocycles. The molecule has 1 amide bonds. The van der Waals surface area contributed by atoms with Crippen LogP contribution in [0.3, 0.4) is 0 Å². The maximum absolute atomic E-state index is 12.4. The largest absolute Gasteiger partial charge is 0.492 e. The average Bonchev–Trinajstić information content (AvgIpc) is 2.51. The normalized spacial score (nSPS) is 12.6. The van der Waals surface area contributed by atoms with E-state index in [4.69, 9.17) is 27.9 Å². The topological polar surface area (TPSA) is 29.5 Å². The van der Waals surface area contributed by atoms with Gasteiger partial charge in [-0.15, -0.1) is 11.6 Å². The van der Waals surface area contributed by atoms with Crippen molar-refractivity contribution in [1.82, 2.24) is 4.90 Å². The second-order valence-electron chi connectivity index (χ2n) is 6.26. The third-order valence-corrected chi connectivity index (χ3v) is 3.69. The monoisotopic (exact) mass is 371 g/mol. The van der Waals surface area contributed by atoms with E-state index < -0.39 is 0 Å². The van der Waals surface area contributed by atoms with Crippen molar-refractivity contribution in [2.45, 2.75) is 46.0 Å². The minimum atomic E-state index is -0.167. The van der Waals surface area contributed by atoms with E-state index in [0.717, 1.165) is 12.0 Å². The molecule has 0 spiro atoms. The van der Waals surface area contributed by atoms with Gasteiger partial charge in [-0.3, -0.25) is 4.79 Å². The highest BCUT2D eigenvalue weighted by Crippen LogP contribution is 2.26. The fourth-order valence-electron chi connectivity index (χ4n) is 2.18. The lowest BCUT2D eigenvalue weighted by molar-refractivity contribution is -0.127. The van der Waals surface area contributed by atoms with Crippen LogP contribution in [0.15, 0.2) is 30.4 Å². The third kappa shape index (κ3) is 7.59. The number of alkyl halides is 1. The number of hydrogen-bond donors (Lipinski definition) is 0. The van der Waals surface area contributed by atoms with Crippen LogP contribution in [0.4, 0.5) is 0 Å².